The summed E-state index contributed by atoms with van der Waals surface area (Å²) >= 11 is 0. The molecule has 3 aromatic rings. The Bertz CT molecular complexity index is 914. The number of amides is 1. The molecule has 120 valence electrons. The van der Waals surface area contributed by atoms with E-state index in [4.69, 9.17) is 9.47 Å². The van der Waals surface area contributed by atoms with E-state index in [1.807, 2.05) is 67.7 Å². The van der Waals surface area contributed by atoms with Gasteiger partial charge in [-0.2, -0.15) is 0 Å². The normalized spacial score (nSPS) is 12.4. The Morgan fingerprint density at radius 2 is 1.79 bits per heavy atom. The van der Waals surface area contributed by atoms with E-state index in [0.29, 0.717) is 6.54 Å². The smallest absolute Gasteiger partial charge is 0.254 e. The predicted octanol–water partition coefficient (Wildman–Crippen LogP) is 3.84. The minimum absolute atomic E-state index is 0.00414. The summed E-state index contributed by atoms with van der Waals surface area (Å²) in [6, 6.07) is 19.5. The molecule has 1 aliphatic rings. The van der Waals surface area contributed by atoms with Gasteiger partial charge in [0, 0.05) is 19.2 Å². The highest BCUT2D eigenvalue weighted by atomic mass is 16.7. The molecule has 0 spiro atoms. The van der Waals surface area contributed by atoms with Crippen LogP contribution in [0, 0.1) is 0 Å². The maximum Gasteiger partial charge on any atom is 0.254 e. The Balaban J connectivity index is 1.59. The van der Waals surface area contributed by atoms with Crippen LogP contribution in [0.5, 0.6) is 11.5 Å². The molecule has 0 aromatic heterocycles. The molecule has 4 rings (SSSR count). The molecular formula is C20H17NO3. The van der Waals surface area contributed by atoms with Gasteiger partial charge in [-0.15, -0.1) is 0 Å². The number of rotatable bonds is 3. The first-order valence-corrected chi connectivity index (χ1v) is 7.84. The maximum absolute atomic E-state index is 12.9. The van der Waals surface area contributed by atoms with Crippen LogP contribution in [0.2, 0.25) is 0 Å². The zero-order valence-electron chi connectivity index (χ0n) is 13.4. The van der Waals surface area contributed by atoms with Crippen LogP contribution in [0.1, 0.15) is 15.9 Å². The highest BCUT2D eigenvalue weighted by Crippen LogP contribution is 2.32. The van der Waals surface area contributed by atoms with Crippen molar-refractivity contribution < 1.29 is 14.3 Å². The molecule has 0 N–H and O–H groups in total. The number of benzene rings is 3. The Kier molecular flexibility index (Phi) is 3.58. The third-order valence-corrected chi connectivity index (χ3v) is 4.22. The van der Waals surface area contributed by atoms with Crippen LogP contribution in [-0.4, -0.2) is 24.6 Å². The summed E-state index contributed by atoms with van der Waals surface area (Å²) in [5, 5.41) is 2.04. The number of hydrogen-bond acceptors (Lipinski definition) is 3. The fourth-order valence-corrected chi connectivity index (χ4v) is 3.00. The highest BCUT2D eigenvalue weighted by molar-refractivity contribution is 6.06. The minimum atomic E-state index is 0.00414. The summed E-state index contributed by atoms with van der Waals surface area (Å²) in [5.41, 5.74) is 1.73. The van der Waals surface area contributed by atoms with Gasteiger partial charge in [-0.1, -0.05) is 42.5 Å². The van der Waals surface area contributed by atoms with E-state index in [0.717, 1.165) is 33.4 Å². The number of fused-ring (bicyclic) bond motifs is 2. The standard InChI is InChI=1S/C20H17NO3/c1-21(12-14-9-10-18-19(11-14)24-13-23-18)20(22)17-8-4-6-15-5-2-3-7-16(15)17/h2-11H,12-13H2,1H3. The summed E-state index contributed by atoms with van der Waals surface area (Å²) in [5.74, 6) is 1.49. The summed E-state index contributed by atoms with van der Waals surface area (Å²) in [7, 11) is 1.81. The van der Waals surface area contributed by atoms with Crippen LogP contribution in [0.15, 0.2) is 60.7 Å². The lowest BCUT2D eigenvalue weighted by molar-refractivity contribution is 0.0787. The molecule has 1 amide bonds. The van der Waals surface area contributed by atoms with Crippen molar-refractivity contribution in [3.8, 4) is 11.5 Å². The molecule has 0 bridgehead atoms. The topological polar surface area (TPSA) is 38.8 Å². The quantitative estimate of drug-likeness (QED) is 0.736. The van der Waals surface area contributed by atoms with Crippen molar-refractivity contribution in [2.75, 3.05) is 13.8 Å². The lowest BCUT2D eigenvalue weighted by Gasteiger charge is -2.18. The third-order valence-electron chi connectivity index (χ3n) is 4.22. The Labute approximate surface area is 140 Å². The van der Waals surface area contributed by atoms with Gasteiger partial charge in [0.1, 0.15) is 0 Å². The van der Waals surface area contributed by atoms with Crippen LogP contribution < -0.4 is 9.47 Å². The van der Waals surface area contributed by atoms with Gasteiger partial charge in [0.15, 0.2) is 11.5 Å². The van der Waals surface area contributed by atoms with Crippen LogP contribution in [0.25, 0.3) is 10.8 Å². The Morgan fingerprint density at radius 3 is 2.71 bits per heavy atom. The van der Waals surface area contributed by atoms with Crippen LogP contribution in [0.4, 0.5) is 0 Å². The first-order chi connectivity index (χ1) is 11.7. The van der Waals surface area contributed by atoms with Gasteiger partial charge in [0.2, 0.25) is 6.79 Å². The van der Waals surface area contributed by atoms with Crippen LogP contribution in [-0.2, 0) is 6.54 Å². The molecule has 3 aromatic carbocycles. The van der Waals surface area contributed by atoms with Gasteiger partial charge < -0.3 is 14.4 Å². The average molecular weight is 319 g/mol. The fraction of sp³-hybridized carbons (Fsp3) is 0.150. The van der Waals surface area contributed by atoms with E-state index in [2.05, 4.69) is 0 Å². The molecule has 0 saturated carbocycles. The molecule has 0 radical (unpaired) electrons. The largest absolute Gasteiger partial charge is 0.454 e. The summed E-state index contributed by atoms with van der Waals surface area (Å²) < 4.78 is 10.7. The molecule has 0 fully saturated rings. The van der Waals surface area contributed by atoms with Crippen molar-refractivity contribution in [1.29, 1.82) is 0 Å². The third kappa shape index (κ3) is 2.56. The molecule has 0 aliphatic carbocycles. The SMILES string of the molecule is CN(Cc1ccc2c(c1)OCO2)C(=O)c1cccc2ccccc12. The van der Waals surface area contributed by atoms with Crippen molar-refractivity contribution in [3.63, 3.8) is 0 Å². The van der Waals surface area contributed by atoms with Gasteiger partial charge in [0.25, 0.3) is 5.91 Å². The lowest BCUT2D eigenvalue weighted by atomic mass is 10.0. The van der Waals surface area contributed by atoms with Gasteiger partial charge in [-0.05, 0) is 34.5 Å². The first kappa shape index (κ1) is 14.6. The zero-order valence-corrected chi connectivity index (χ0v) is 13.4. The second-order valence-electron chi connectivity index (χ2n) is 5.88. The van der Waals surface area contributed by atoms with Crippen molar-refractivity contribution in [1.82, 2.24) is 4.90 Å². The molecular weight excluding hydrogens is 302 g/mol. The molecule has 0 saturated heterocycles. The number of carbonyl (C=O) groups is 1. The number of hydrogen-bond donors (Lipinski definition) is 0. The van der Waals surface area contributed by atoms with Gasteiger partial charge in [-0.25, -0.2) is 0 Å². The average Bonchev–Trinajstić information content (AvgIpc) is 3.08. The van der Waals surface area contributed by atoms with E-state index >= 15 is 0 Å². The minimum Gasteiger partial charge on any atom is -0.454 e. The van der Waals surface area contributed by atoms with Crippen molar-refractivity contribution >= 4 is 16.7 Å². The van der Waals surface area contributed by atoms with E-state index in [-0.39, 0.29) is 12.7 Å². The number of ether oxygens (including phenoxy) is 2. The van der Waals surface area contributed by atoms with E-state index < -0.39 is 0 Å². The number of carbonyl (C=O) groups excluding carboxylic acids is 1. The second-order valence-corrected chi connectivity index (χ2v) is 5.88. The lowest BCUT2D eigenvalue weighted by Crippen LogP contribution is -2.26. The van der Waals surface area contributed by atoms with E-state index in [1.54, 1.807) is 4.90 Å². The summed E-state index contributed by atoms with van der Waals surface area (Å²) in [6.45, 7) is 0.766. The van der Waals surface area contributed by atoms with Crippen LogP contribution >= 0.6 is 0 Å². The van der Waals surface area contributed by atoms with Crippen molar-refractivity contribution in [3.05, 3.63) is 71.8 Å². The Hall–Kier alpha value is -3.01. The highest BCUT2D eigenvalue weighted by Gasteiger charge is 2.17. The van der Waals surface area contributed by atoms with Gasteiger partial charge >= 0.3 is 0 Å². The maximum atomic E-state index is 12.9. The monoisotopic (exact) mass is 319 g/mol. The van der Waals surface area contributed by atoms with Crippen molar-refractivity contribution in [2.45, 2.75) is 6.54 Å². The number of nitrogens with zero attached hydrogens (tertiary/aromatic N) is 1. The van der Waals surface area contributed by atoms with Gasteiger partial charge in [0.05, 0.1) is 0 Å². The Morgan fingerprint density at radius 1 is 1.00 bits per heavy atom. The predicted molar refractivity (Wildman–Crippen MR) is 92.3 cm³/mol. The summed E-state index contributed by atoms with van der Waals surface area (Å²) in [4.78, 5) is 14.6. The first-order valence-electron chi connectivity index (χ1n) is 7.84. The van der Waals surface area contributed by atoms with Crippen LogP contribution in [0.3, 0.4) is 0 Å². The molecule has 1 aliphatic heterocycles. The molecule has 1 heterocycles. The second kappa shape index (κ2) is 5.89. The molecule has 4 nitrogen and oxygen atoms in total. The fourth-order valence-electron chi connectivity index (χ4n) is 3.00. The van der Waals surface area contributed by atoms with Crippen molar-refractivity contribution in [2.24, 2.45) is 0 Å². The van der Waals surface area contributed by atoms with E-state index in [9.17, 15) is 4.79 Å². The molecule has 4 heteroatoms. The summed E-state index contributed by atoms with van der Waals surface area (Å²) in [6.07, 6.45) is 0. The molecule has 24 heavy (non-hydrogen) atoms. The van der Waals surface area contributed by atoms with E-state index in [1.165, 1.54) is 0 Å². The molecule has 0 unspecified atom stereocenters. The zero-order chi connectivity index (χ0) is 16.5. The molecule has 0 atom stereocenters. The van der Waals surface area contributed by atoms with Gasteiger partial charge in [-0.3, -0.25) is 4.79 Å².